The molecule has 0 fully saturated rings. The predicted octanol–water partition coefficient (Wildman–Crippen LogP) is 9.47. The number of rotatable bonds is 21. The molecule has 0 atom stereocenters. The summed E-state index contributed by atoms with van der Waals surface area (Å²) in [5.41, 5.74) is 19.5. The number of nitrogens with two attached hydrogens (primary N) is 2. The van der Waals surface area contributed by atoms with Crippen molar-refractivity contribution in [1.29, 1.82) is 0 Å². The van der Waals surface area contributed by atoms with E-state index in [1.54, 1.807) is 53.3 Å². The van der Waals surface area contributed by atoms with Crippen molar-refractivity contribution < 1.29 is 38.5 Å². The number of carboxylic acid groups (broad SMARTS) is 2. The summed E-state index contributed by atoms with van der Waals surface area (Å²) in [4.78, 5) is 48.7. The molecule has 7 N–H and O–H groups in total. The summed E-state index contributed by atoms with van der Waals surface area (Å²) in [6, 6.07) is 44.1. The first-order chi connectivity index (χ1) is 34.9. The van der Waals surface area contributed by atoms with Gasteiger partial charge in [0.15, 0.2) is 23.1 Å². The Morgan fingerprint density at radius 1 is 0.708 bits per heavy atom. The average molecular weight is 974 g/mol. The van der Waals surface area contributed by atoms with Crippen molar-refractivity contribution in [2.75, 3.05) is 37.0 Å². The van der Waals surface area contributed by atoms with Crippen molar-refractivity contribution in [3.63, 3.8) is 0 Å². The van der Waals surface area contributed by atoms with Gasteiger partial charge in [-0.1, -0.05) is 103 Å². The topological polar surface area (TPSA) is 234 Å². The molecule has 0 spiro atoms. The number of aryl methyl sites for hydroxylation is 2. The highest BCUT2D eigenvalue weighted by Gasteiger charge is 2.21. The molecule has 17 heteroatoms. The molecular formula is C55H56FN9O7. The number of hydrogen-bond acceptors (Lipinski definition) is 12. The lowest BCUT2D eigenvalue weighted by molar-refractivity contribution is -0.137. The van der Waals surface area contributed by atoms with Crippen LogP contribution in [0.1, 0.15) is 63.0 Å². The van der Waals surface area contributed by atoms with Crippen molar-refractivity contribution in [3.05, 3.63) is 190 Å². The number of benzene rings is 5. The van der Waals surface area contributed by atoms with Crippen molar-refractivity contribution in [1.82, 2.24) is 29.6 Å². The number of nitrogen functional groups attached to an aromatic ring is 2. The Morgan fingerprint density at radius 2 is 1.35 bits per heavy atom. The standard InChI is InChI=1S/C36H39NO5.C19H17FN8O2/c38-35(39)12-6-7-24-37(26-30-19-21-33(22-20-30)36(40)41)25-23-32-10-4-5-11-34(32)42-27-31-17-15-29(16-18-31)14-13-28-8-2-1-3-9-28;1-30-19(29)24-14-15(21)25-17(26-16(14)22)13-11-6-4-8-23-18(11)28(27-13)9-10-5-2-3-7-12(10)20/h1-5,8-11,15-22H,6-7,12-14,23-27H2,(H,38,39)(H,40,41);2-8H,9H2,1H3,(H,24,29)(H4,21,22,25,26). The van der Waals surface area contributed by atoms with Crippen LogP contribution in [0.3, 0.4) is 0 Å². The Kier molecular flexibility index (Phi) is 17.9. The lowest BCUT2D eigenvalue weighted by Gasteiger charge is -2.23. The van der Waals surface area contributed by atoms with Crippen LogP contribution >= 0.6 is 0 Å². The van der Waals surface area contributed by atoms with Gasteiger partial charge in [0.2, 0.25) is 0 Å². The SMILES string of the molecule is COC(=O)Nc1c(N)nc(-c2nn(Cc3ccccc3F)c3ncccc23)nc1N.O=C(O)CCCCN(CCc1ccccc1OCc1ccc(CCc2ccccc2)cc1)Cc1ccc(C(=O)O)cc1. The molecule has 3 aromatic heterocycles. The molecule has 0 unspecified atom stereocenters. The number of carbonyl (C=O) groups is 3. The normalized spacial score (nSPS) is 10.9. The highest BCUT2D eigenvalue weighted by molar-refractivity contribution is 5.94. The second-order valence-corrected chi connectivity index (χ2v) is 16.9. The number of ether oxygens (including phenoxy) is 2. The number of unbranched alkanes of at least 4 members (excludes halogenated alkanes) is 1. The molecule has 5 aromatic carbocycles. The van der Waals surface area contributed by atoms with Crippen LogP contribution in [-0.2, 0) is 48.5 Å². The molecule has 370 valence electrons. The van der Waals surface area contributed by atoms with E-state index in [9.17, 15) is 23.9 Å². The summed E-state index contributed by atoms with van der Waals surface area (Å²) in [6.45, 7) is 2.84. The van der Waals surface area contributed by atoms with E-state index in [1.165, 1.54) is 24.3 Å². The van der Waals surface area contributed by atoms with Gasteiger partial charge in [-0.05, 0) is 103 Å². The van der Waals surface area contributed by atoms with E-state index in [-0.39, 0.29) is 47.5 Å². The summed E-state index contributed by atoms with van der Waals surface area (Å²) in [5, 5.41) is 25.7. The minimum absolute atomic E-state index is 0.0406. The number of aromatic nitrogens is 5. The first-order valence-corrected chi connectivity index (χ1v) is 23.4. The smallest absolute Gasteiger partial charge is 0.411 e. The van der Waals surface area contributed by atoms with E-state index in [4.69, 9.17) is 21.3 Å². The Morgan fingerprint density at radius 3 is 2.03 bits per heavy atom. The number of nitrogens with zero attached hydrogens (tertiary/aromatic N) is 6. The number of aliphatic carboxylic acids is 1. The number of para-hydroxylation sites is 1. The summed E-state index contributed by atoms with van der Waals surface area (Å²) in [5.74, 6) is -1.16. The number of carbonyl (C=O) groups excluding carboxylic acids is 1. The Bertz CT molecular complexity index is 3060. The van der Waals surface area contributed by atoms with Crippen LogP contribution in [-0.4, -0.2) is 78.1 Å². The minimum atomic E-state index is -0.942. The lowest BCUT2D eigenvalue weighted by Crippen LogP contribution is -2.27. The summed E-state index contributed by atoms with van der Waals surface area (Å²) < 4.78 is 26.5. The molecule has 0 aliphatic carbocycles. The number of halogens is 1. The highest BCUT2D eigenvalue weighted by Crippen LogP contribution is 2.31. The van der Waals surface area contributed by atoms with Gasteiger partial charge in [-0.3, -0.25) is 15.0 Å². The van der Waals surface area contributed by atoms with Crippen molar-refractivity contribution in [2.45, 2.75) is 58.2 Å². The largest absolute Gasteiger partial charge is 0.489 e. The molecule has 8 aromatic rings. The molecule has 0 bridgehead atoms. The quantitative estimate of drug-likeness (QED) is 0.0422. The van der Waals surface area contributed by atoms with Gasteiger partial charge in [-0.2, -0.15) is 5.10 Å². The third-order valence-electron chi connectivity index (χ3n) is 11.7. The molecular weight excluding hydrogens is 918 g/mol. The van der Waals surface area contributed by atoms with Crippen LogP contribution in [0.15, 0.2) is 146 Å². The molecule has 8 rings (SSSR count). The molecule has 72 heavy (non-hydrogen) atoms. The van der Waals surface area contributed by atoms with Gasteiger partial charge in [0, 0.05) is 31.3 Å². The van der Waals surface area contributed by atoms with Gasteiger partial charge in [0.1, 0.15) is 29.6 Å². The maximum Gasteiger partial charge on any atom is 0.411 e. The number of fused-ring (bicyclic) bond motifs is 1. The van der Waals surface area contributed by atoms with Crippen LogP contribution in [0, 0.1) is 5.82 Å². The average Bonchev–Trinajstić information content (AvgIpc) is 3.76. The van der Waals surface area contributed by atoms with Crippen LogP contribution in [0.5, 0.6) is 5.75 Å². The number of hydrogen-bond donors (Lipinski definition) is 5. The number of anilines is 3. The van der Waals surface area contributed by atoms with Crippen LogP contribution in [0.4, 0.5) is 26.5 Å². The molecule has 0 aliphatic heterocycles. The van der Waals surface area contributed by atoms with Crippen molar-refractivity contribution >= 4 is 46.4 Å². The van der Waals surface area contributed by atoms with Gasteiger partial charge in [-0.15, -0.1) is 0 Å². The second kappa shape index (κ2) is 25.2. The molecule has 0 aliphatic rings. The summed E-state index contributed by atoms with van der Waals surface area (Å²) in [7, 11) is 1.21. The molecule has 0 saturated carbocycles. The fourth-order valence-electron chi connectivity index (χ4n) is 7.87. The maximum atomic E-state index is 14.1. The van der Waals surface area contributed by atoms with E-state index in [0.29, 0.717) is 41.9 Å². The molecule has 16 nitrogen and oxygen atoms in total. The molecule has 0 radical (unpaired) electrons. The van der Waals surface area contributed by atoms with Gasteiger partial charge in [0.25, 0.3) is 0 Å². The van der Waals surface area contributed by atoms with E-state index in [1.807, 2.05) is 36.4 Å². The Hall–Kier alpha value is -8.70. The fourth-order valence-corrected chi connectivity index (χ4v) is 7.87. The monoisotopic (exact) mass is 973 g/mol. The number of amides is 1. The van der Waals surface area contributed by atoms with Crippen LogP contribution in [0.2, 0.25) is 0 Å². The third-order valence-corrected chi connectivity index (χ3v) is 11.7. The number of methoxy groups -OCH3 is 1. The van der Waals surface area contributed by atoms with E-state index >= 15 is 0 Å². The number of nitrogens with one attached hydrogen (secondary N) is 1. The Balaban J connectivity index is 0.000000223. The van der Waals surface area contributed by atoms with Crippen LogP contribution < -0.4 is 21.5 Å². The lowest BCUT2D eigenvalue weighted by atomic mass is 10.0. The van der Waals surface area contributed by atoms with Gasteiger partial charge >= 0.3 is 18.0 Å². The first kappa shape index (κ1) is 51.2. The third kappa shape index (κ3) is 14.4. The zero-order chi connectivity index (χ0) is 50.8. The number of aromatic carboxylic acids is 1. The van der Waals surface area contributed by atoms with E-state index in [0.717, 1.165) is 61.2 Å². The zero-order valence-corrected chi connectivity index (χ0v) is 39.8. The van der Waals surface area contributed by atoms with E-state index < -0.39 is 18.0 Å². The fraction of sp³-hybridized carbons (Fsp3) is 0.218. The van der Waals surface area contributed by atoms with Crippen molar-refractivity contribution in [2.24, 2.45) is 0 Å². The molecule has 1 amide bonds. The highest BCUT2D eigenvalue weighted by atomic mass is 19.1. The first-order valence-electron chi connectivity index (χ1n) is 23.4. The summed E-state index contributed by atoms with van der Waals surface area (Å²) in [6.07, 6.45) is 5.21. The van der Waals surface area contributed by atoms with Gasteiger partial charge < -0.3 is 31.2 Å². The Labute approximate surface area is 416 Å². The predicted molar refractivity (Wildman–Crippen MR) is 274 cm³/mol. The molecule has 0 saturated heterocycles. The van der Waals surface area contributed by atoms with Gasteiger partial charge in [-0.25, -0.2) is 33.6 Å². The van der Waals surface area contributed by atoms with E-state index in [2.05, 4.69) is 89.6 Å². The maximum absolute atomic E-state index is 14.1. The summed E-state index contributed by atoms with van der Waals surface area (Å²) >= 11 is 0. The minimum Gasteiger partial charge on any atom is -0.489 e. The number of pyridine rings is 1. The zero-order valence-electron chi connectivity index (χ0n) is 39.8. The van der Waals surface area contributed by atoms with Gasteiger partial charge in [0.05, 0.1) is 24.6 Å². The molecule has 3 heterocycles. The number of carboxylic acids is 2. The van der Waals surface area contributed by atoms with Crippen LogP contribution in [0.25, 0.3) is 22.6 Å². The second-order valence-electron chi connectivity index (χ2n) is 16.9. The van der Waals surface area contributed by atoms with Crippen molar-refractivity contribution in [3.8, 4) is 17.3 Å².